The molecule has 2 aliphatic heterocycles. The number of hydrogen-bond acceptors (Lipinski definition) is 12. The van der Waals surface area contributed by atoms with E-state index >= 15 is 0 Å². The fraction of sp³-hybridized carbons (Fsp3) is 0.533. The zero-order chi connectivity index (χ0) is 57.5. The summed E-state index contributed by atoms with van der Waals surface area (Å²) in [6.07, 6.45) is 11.3. The SMILES string of the molecule is CN[C@@H](C)C(=O)N[C@H](C(=O)N1CCC[C@H]1c1nc(C(=O)NCCCCCCCCNC(=O)c2nc([C@@H]3CCCN3C(=O)[C@@H](NC(=O)[C@H](C)NC)C(C)(C)C)oc2-c2c[nH]c3ccccc23)c(-c2c[nH]c3ccccc23)o1)C(C)(C)C.Cl.Cl. The first-order valence-corrected chi connectivity index (χ1v) is 28.5. The number of likely N-dealkylation sites (tertiary alicyclic amines) is 2. The number of hydrogen-bond donors (Lipinski definition) is 8. The molecule has 4 aromatic heterocycles. The van der Waals surface area contributed by atoms with Gasteiger partial charge in [0.1, 0.15) is 24.2 Å². The number of benzene rings is 2. The topological polar surface area (TPSA) is 265 Å². The van der Waals surface area contributed by atoms with Crippen molar-refractivity contribution in [3.05, 3.63) is 84.1 Å². The van der Waals surface area contributed by atoms with Gasteiger partial charge in [-0.2, -0.15) is 0 Å². The van der Waals surface area contributed by atoms with E-state index in [0.29, 0.717) is 74.5 Å². The van der Waals surface area contributed by atoms with E-state index in [-0.39, 0.29) is 83.4 Å². The third-order valence-electron chi connectivity index (χ3n) is 15.7. The van der Waals surface area contributed by atoms with E-state index in [4.69, 9.17) is 18.8 Å². The zero-order valence-electron chi connectivity index (χ0n) is 49.0. The molecule has 2 fully saturated rings. The Morgan fingerprint density at radius 2 is 0.951 bits per heavy atom. The van der Waals surface area contributed by atoms with E-state index in [2.05, 4.69) is 41.9 Å². The summed E-state index contributed by atoms with van der Waals surface area (Å²) >= 11 is 0. The van der Waals surface area contributed by atoms with Gasteiger partial charge in [-0.1, -0.05) is 104 Å². The minimum absolute atomic E-state index is 0. The Morgan fingerprint density at radius 3 is 1.32 bits per heavy atom. The maximum absolute atomic E-state index is 14.3. The Morgan fingerprint density at radius 1 is 0.585 bits per heavy atom. The van der Waals surface area contributed by atoms with Crippen LogP contribution in [-0.2, 0) is 19.2 Å². The lowest BCUT2D eigenvalue weighted by Crippen LogP contribution is -2.57. The van der Waals surface area contributed by atoms with Crippen LogP contribution in [0.15, 0.2) is 69.8 Å². The van der Waals surface area contributed by atoms with Gasteiger partial charge in [0, 0.05) is 71.5 Å². The maximum atomic E-state index is 14.3. The fourth-order valence-electron chi connectivity index (χ4n) is 10.7. The van der Waals surface area contributed by atoms with Crippen molar-refractivity contribution >= 4 is 82.1 Å². The Labute approximate surface area is 492 Å². The van der Waals surface area contributed by atoms with Gasteiger partial charge in [-0.05, 0) is 89.4 Å². The monoisotopic (exact) mass is 1170 g/mol. The summed E-state index contributed by atoms with van der Waals surface area (Å²) in [6, 6.07) is 11.9. The molecule has 82 heavy (non-hydrogen) atoms. The quantitative estimate of drug-likeness (QED) is 0.0280. The van der Waals surface area contributed by atoms with Gasteiger partial charge < -0.3 is 60.5 Å². The second-order valence-corrected chi connectivity index (χ2v) is 23.6. The van der Waals surface area contributed by atoms with Crippen LogP contribution in [0.3, 0.4) is 0 Å². The average molecular weight is 1170 g/mol. The molecule has 20 nitrogen and oxygen atoms in total. The number of para-hydroxylation sites is 2. The molecule has 6 amide bonds. The molecule has 2 aromatic carbocycles. The van der Waals surface area contributed by atoms with E-state index in [0.717, 1.165) is 60.3 Å². The van der Waals surface area contributed by atoms with Gasteiger partial charge in [-0.15, -0.1) is 24.8 Å². The molecular formula is C60H84Cl2N12O8. The summed E-state index contributed by atoms with van der Waals surface area (Å²) < 4.78 is 13.1. The predicted octanol–water partition coefficient (Wildman–Crippen LogP) is 8.91. The van der Waals surface area contributed by atoms with Crippen LogP contribution in [0.5, 0.6) is 0 Å². The van der Waals surface area contributed by atoms with Gasteiger partial charge in [0.2, 0.25) is 35.4 Å². The number of nitrogens with zero attached hydrogens (tertiary/aromatic N) is 4. The van der Waals surface area contributed by atoms with Crippen molar-refractivity contribution in [1.29, 1.82) is 0 Å². The van der Waals surface area contributed by atoms with Crippen molar-refractivity contribution in [3.8, 4) is 22.6 Å². The molecular weight excluding hydrogens is 1090 g/mol. The van der Waals surface area contributed by atoms with Crippen molar-refractivity contribution in [2.24, 2.45) is 10.8 Å². The Hall–Kier alpha value is -6.74. The Balaban J connectivity index is 0.00000541. The number of nitrogens with one attached hydrogen (secondary N) is 8. The molecule has 0 saturated carbocycles. The second-order valence-electron chi connectivity index (χ2n) is 23.6. The highest BCUT2D eigenvalue weighted by Crippen LogP contribution is 2.41. The number of rotatable bonds is 23. The molecule has 0 spiro atoms. The van der Waals surface area contributed by atoms with E-state index in [1.54, 1.807) is 37.7 Å². The first-order valence-electron chi connectivity index (χ1n) is 28.5. The second kappa shape index (κ2) is 28.0. The lowest BCUT2D eigenvalue weighted by atomic mass is 9.85. The molecule has 0 radical (unpaired) electrons. The number of oxazole rings is 2. The van der Waals surface area contributed by atoms with Crippen molar-refractivity contribution in [2.45, 2.75) is 156 Å². The number of aromatic amines is 2. The molecule has 6 atom stereocenters. The van der Waals surface area contributed by atoms with Crippen molar-refractivity contribution in [3.63, 3.8) is 0 Å². The molecule has 0 aliphatic carbocycles. The Bertz CT molecular complexity index is 2960. The molecule has 2 saturated heterocycles. The number of H-pyrrole nitrogens is 2. The first kappa shape index (κ1) is 64.4. The van der Waals surface area contributed by atoms with Gasteiger partial charge >= 0.3 is 0 Å². The highest BCUT2D eigenvalue weighted by atomic mass is 35.5. The van der Waals surface area contributed by atoms with E-state index in [1.165, 1.54) is 0 Å². The summed E-state index contributed by atoms with van der Waals surface area (Å²) in [6.45, 7) is 16.8. The van der Waals surface area contributed by atoms with Crippen molar-refractivity contribution in [1.82, 2.24) is 61.6 Å². The lowest BCUT2D eigenvalue weighted by Gasteiger charge is -2.35. The molecule has 6 aromatic rings. The molecule has 0 bridgehead atoms. The van der Waals surface area contributed by atoms with Crippen LogP contribution in [0.4, 0.5) is 0 Å². The van der Waals surface area contributed by atoms with Crippen LogP contribution in [0.1, 0.15) is 164 Å². The summed E-state index contributed by atoms with van der Waals surface area (Å²) in [7, 11) is 3.40. The van der Waals surface area contributed by atoms with Gasteiger partial charge in [0.15, 0.2) is 22.9 Å². The number of halogens is 2. The van der Waals surface area contributed by atoms with Crippen LogP contribution in [0.25, 0.3) is 44.5 Å². The van der Waals surface area contributed by atoms with Crippen LogP contribution >= 0.6 is 24.8 Å². The first-order chi connectivity index (χ1) is 38.2. The molecule has 446 valence electrons. The highest BCUT2D eigenvalue weighted by molar-refractivity contribution is 6.04. The standard InChI is InChI=1S/C60H82N12O8.2ClH/c1-35(61-9)51(73)69-49(59(3,4)5)57(77)71-31-21-27-43(71)55-67-45(47(79-55)39-33-65-41-25-17-15-23-37(39)41)53(75)63-29-19-13-11-12-14-20-30-64-54(76)46-48(40-34-66-42-26-18-16-24-38(40)42)80-56(68-46)44-28-22-32-72(44)58(78)50(60(6,7)8)70-52(74)36(2)62-10;;/h15-18,23-26,33-36,43-44,49-50,61-62,65-66H,11-14,19-22,27-32H2,1-10H3,(H,63,75)(H,64,76)(H,69,73)(H,70,74);2*1H/t35-,36-,43-,44-,49+,50+;;/m0../s1. The largest absolute Gasteiger partial charge is 0.437 e. The van der Waals surface area contributed by atoms with Gasteiger partial charge in [0.25, 0.3) is 11.8 Å². The summed E-state index contributed by atoms with van der Waals surface area (Å²) in [5.41, 5.74) is 2.25. The number of carbonyl (C=O) groups is 6. The average Bonchev–Trinajstić information content (AvgIpc) is 4.43. The number of likely N-dealkylation sites (N-methyl/N-ethyl adjacent to an activating group) is 2. The van der Waals surface area contributed by atoms with Crippen LogP contribution < -0.4 is 31.9 Å². The number of aromatic nitrogens is 4. The smallest absolute Gasteiger partial charge is 0.273 e. The summed E-state index contributed by atoms with van der Waals surface area (Å²) in [5, 5.41) is 19.7. The molecule has 2 aliphatic rings. The zero-order valence-corrected chi connectivity index (χ0v) is 50.6. The third-order valence-corrected chi connectivity index (χ3v) is 15.7. The van der Waals surface area contributed by atoms with Crippen molar-refractivity contribution in [2.75, 3.05) is 40.3 Å². The van der Waals surface area contributed by atoms with Gasteiger partial charge in [-0.25, -0.2) is 9.97 Å². The minimum atomic E-state index is -0.803. The summed E-state index contributed by atoms with van der Waals surface area (Å²) in [4.78, 5) is 103. The predicted molar refractivity (Wildman–Crippen MR) is 322 cm³/mol. The Kier molecular flexibility index (Phi) is 22.0. The maximum Gasteiger partial charge on any atom is 0.273 e. The lowest BCUT2D eigenvalue weighted by molar-refractivity contribution is -0.141. The normalized spacial score (nSPS) is 17.0. The molecule has 8 rings (SSSR count). The molecule has 6 heterocycles. The van der Waals surface area contributed by atoms with Crippen molar-refractivity contribution < 1.29 is 37.6 Å². The number of unbranched alkanes of at least 4 members (excludes halogenated alkanes) is 5. The fourth-order valence-corrected chi connectivity index (χ4v) is 10.7. The van der Waals surface area contributed by atoms with Crippen LogP contribution in [0.2, 0.25) is 0 Å². The third kappa shape index (κ3) is 14.5. The van der Waals surface area contributed by atoms with E-state index in [9.17, 15) is 28.8 Å². The number of carbonyl (C=O) groups excluding carboxylic acids is 6. The summed E-state index contributed by atoms with van der Waals surface area (Å²) in [5.74, 6) is -0.546. The minimum Gasteiger partial charge on any atom is -0.437 e. The highest BCUT2D eigenvalue weighted by Gasteiger charge is 2.44. The molecule has 8 N–H and O–H groups in total. The molecule has 22 heteroatoms. The van der Waals surface area contributed by atoms with Crippen LogP contribution in [-0.4, -0.2) is 130 Å². The number of amides is 6. The van der Waals surface area contributed by atoms with Gasteiger partial charge in [0.05, 0.1) is 12.1 Å². The molecule has 0 unspecified atom stereocenters. The van der Waals surface area contributed by atoms with E-state index < -0.39 is 47.1 Å². The van der Waals surface area contributed by atoms with Crippen LogP contribution in [0, 0.1) is 10.8 Å². The van der Waals surface area contributed by atoms with E-state index in [1.807, 2.05) is 102 Å². The van der Waals surface area contributed by atoms with Gasteiger partial charge in [-0.3, -0.25) is 28.8 Å². The number of fused-ring (bicyclic) bond motifs is 2.